The maximum atomic E-state index is 12.8. The van der Waals surface area contributed by atoms with Crippen LogP contribution in [0.25, 0.3) is 6.08 Å². The second kappa shape index (κ2) is 9.52. The van der Waals surface area contributed by atoms with Crippen LogP contribution in [0.2, 0.25) is 0 Å². The van der Waals surface area contributed by atoms with E-state index in [-0.39, 0.29) is 36.9 Å². The van der Waals surface area contributed by atoms with Crippen LogP contribution >= 0.6 is 0 Å². The van der Waals surface area contributed by atoms with E-state index in [4.69, 9.17) is 4.74 Å². The van der Waals surface area contributed by atoms with Gasteiger partial charge in [-0.25, -0.2) is 4.79 Å². The fourth-order valence-electron chi connectivity index (χ4n) is 5.13. The molecule has 0 aromatic heterocycles. The Morgan fingerprint density at radius 2 is 2.11 bits per heavy atom. The van der Waals surface area contributed by atoms with E-state index in [1.54, 1.807) is 12.2 Å². The largest absolute Gasteiger partial charge is 0.465 e. The van der Waals surface area contributed by atoms with Gasteiger partial charge in [0.25, 0.3) is 5.91 Å². The highest BCUT2D eigenvalue weighted by molar-refractivity contribution is 6.03. The molecule has 182 valence electrons. The van der Waals surface area contributed by atoms with Crippen LogP contribution in [0.3, 0.4) is 0 Å². The molecule has 9 heteroatoms. The number of ether oxygens (including phenoxy) is 1. The number of esters is 1. The van der Waals surface area contributed by atoms with E-state index < -0.39 is 5.97 Å². The number of nitrogens with zero attached hydrogens (tertiary/aromatic N) is 1. The monoisotopic (exact) mass is 476 g/mol. The molecule has 2 unspecified atom stereocenters. The topological polar surface area (TPSA) is 120 Å². The van der Waals surface area contributed by atoms with Gasteiger partial charge in [-0.1, -0.05) is 12.2 Å². The maximum absolute atomic E-state index is 12.8. The van der Waals surface area contributed by atoms with Gasteiger partial charge >= 0.3 is 5.97 Å². The Balaban J connectivity index is 1.29. The van der Waals surface area contributed by atoms with E-state index in [1.807, 2.05) is 35.3 Å². The number of hydrogen-bond donors (Lipinski definition) is 4. The van der Waals surface area contributed by atoms with Gasteiger partial charge in [-0.15, -0.1) is 0 Å². The van der Waals surface area contributed by atoms with Crippen LogP contribution in [0.1, 0.15) is 24.8 Å². The van der Waals surface area contributed by atoms with Crippen LogP contribution in [0, 0.1) is 5.92 Å². The third-order valence-electron chi connectivity index (χ3n) is 6.91. The lowest BCUT2D eigenvalue weighted by atomic mass is 9.88. The summed E-state index contributed by atoms with van der Waals surface area (Å²) in [7, 11) is 1.33. The van der Waals surface area contributed by atoms with Gasteiger partial charge in [0, 0.05) is 45.9 Å². The van der Waals surface area contributed by atoms with E-state index in [1.165, 1.54) is 7.11 Å². The molecule has 4 N–H and O–H groups in total. The maximum Gasteiger partial charge on any atom is 0.337 e. The number of fused-ring (bicyclic) bond motifs is 2. The third-order valence-corrected chi connectivity index (χ3v) is 6.91. The molecule has 0 spiro atoms. The first kappa shape index (κ1) is 23.1. The van der Waals surface area contributed by atoms with Crippen LogP contribution in [0.15, 0.2) is 59.0 Å². The van der Waals surface area contributed by atoms with Crippen molar-refractivity contribution in [1.82, 2.24) is 10.2 Å². The molecule has 5 rings (SSSR count). The van der Waals surface area contributed by atoms with Crippen molar-refractivity contribution < 1.29 is 24.2 Å². The highest BCUT2D eigenvalue weighted by atomic mass is 16.5. The number of aliphatic hydroxyl groups excluding tert-OH is 1. The number of benzene rings is 1. The third kappa shape index (κ3) is 4.52. The number of hydrogen-bond acceptors (Lipinski definition) is 7. The minimum atomic E-state index is -0.424. The van der Waals surface area contributed by atoms with Gasteiger partial charge in [0.1, 0.15) is 0 Å². The normalized spacial score (nSPS) is 25.1. The van der Waals surface area contributed by atoms with Crippen molar-refractivity contribution in [3.05, 3.63) is 64.5 Å². The van der Waals surface area contributed by atoms with Crippen molar-refractivity contribution in [3.8, 4) is 0 Å². The molecule has 1 aliphatic carbocycles. The van der Waals surface area contributed by atoms with Crippen LogP contribution in [0.5, 0.6) is 0 Å². The summed E-state index contributed by atoms with van der Waals surface area (Å²) in [5.41, 5.74) is 4.88. The van der Waals surface area contributed by atoms with Crippen molar-refractivity contribution in [1.29, 1.82) is 0 Å². The molecule has 9 nitrogen and oxygen atoms in total. The van der Waals surface area contributed by atoms with Crippen molar-refractivity contribution in [2.24, 2.45) is 5.92 Å². The lowest BCUT2D eigenvalue weighted by molar-refractivity contribution is -0.135. The van der Waals surface area contributed by atoms with Gasteiger partial charge in [-0.3, -0.25) is 14.5 Å². The summed E-state index contributed by atoms with van der Waals surface area (Å²) in [4.78, 5) is 39.1. The van der Waals surface area contributed by atoms with Gasteiger partial charge in [0.2, 0.25) is 5.91 Å². The van der Waals surface area contributed by atoms with Gasteiger partial charge in [0.15, 0.2) is 0 Å². The summed E-state index contributed by atoms with van der Waals surface area (Å²) >= 11 is 0. The Hall–Kier alpha value is -3.69. The Morgan fingerprint density at radius 1 is 1.26 bits per heavy atom. The fraction of sp³-hybridized carbons (Fsp3) is 0.346. The van der Waals surface area contributed by atoms with Gasteiger partial charge in [-0.05, 0) is 56.2 Å². The summed E-state index contributed by atoms with van der Waals surface area (Å²) in [5, 5.41) is 18.6. The van der Waals surface area contributed by atoms with E-state index in [2.05, 4.69) is 16.0 Å². The number of methoxy groups -OCH3 is 1. The Labute approximate surface area is 203 Å². The second-order valence-corrected chi connectivity index (χ2v) is 9.08. The van der Waals surface area contributed by atoms with Gasteiger partial charge in [-0.2, -0.15) is 0 Å². The fourth-order valence-corrected chi connectivity index (χ4v) is 5.13. The molecular weight excluding hydrogens is 448 g/mol. The first-order valence-electron chi connectivity index (χ1n) is 11.8. The number of carbonyl (C=O) groups excluding carboxylic acids is 3. The molecule has 1 aromatic rings. The van der Waals surface area contributed by atoms with Crippen LogP contribution in [-0.4, -0.2) is 60.6 Å². The summed E-state index contributed by atoms with van der Waals surface area (Å²) in [6, 6.07) is 5.64. The lowest BCUT2D eigenvalue weighted by Crippen LogP contribution is -2.38. The van der Waals surface area contributed by atoms with Gasteiger partial charge in [0.05, 0.1) is 25.8 Å². The number of aliphatic hydroxyl groups is 1. The highest BCUT2D eigenvalue weighted by Gasteiger charge is 2.37. The quantitative estimate of drug-likeness (QED) is 0.379. The molecule has 2 fully saturated rings. The molecule has 0 radical (unpaired) electrons. The molecule has 4 aliphatic rings. The molecule has 0 bridgehead atoms. The smallest absolute Gasteiger partial charge is 0.337 e. The highest BCUT2D eigenvalue weighted by Crippen LogP contribution is 2.38. The number of likely N-dealkylation sites (tertiary alicyclic amines) is 1. The number of rotatable bonds is 5. The number of nitrogens with one attached hydrogen (secondary N) is 3. The van der Waals surface area contributed by atoms with Crippen molar-refractivity contribution in [3.63, 3.8) is 0 Å². The van der Waals surface area contributed by atoms with E-state index >= 15 is 0 Å². The van der Waals surface area contributed by atoms with Gasteiger partial charge < -0.3 is 25.8 Å². The number of allylic oxidation sites excluding steroid dienone is 3. The zero-order chi connectivity index (χ0) is 24.5. The molecule has 35 heavy (non-hydrogen) atoms. The van der Waals surface area contributed by atoms with E-state index in [0.717, 1.165) is 30.6 Å². The van der Waals surface area contributed by atoms with Crippen LogP contribution in [-0.2, 0) is 19.1 Å². The van der Waals surface area contributed by atoms with Crippen LogP contribution < -0.4 is 16.0 Å². The minimum absolute atomic E-state index is 0.0535. The molecule has 3 heterocycles. The minimum Gasteiger partial charge on any atom is -0.465 e. The van der Waals surface area contributed by atoms with E-state index in [9.17, 15) is 19.5 Å². The predicted octanol–water partition coefficient (Wildman–Crippen LogP) is 1.91. The molecule has 2 amide bonds. The second-order valence-electron chi connectivity index (χ2n) is 9.08. The standard InChI is InChI=1S/C26H28N4O5/c1-35-26(34)16-4-7-19-22(12-16)29-25(33)24(19)21-8-5-15-11-17(6-9-20(15)28-21)27-23(32)13-30-10-2-3-18(30)14-31/h4-6,8-9,11-12,18-19,28,31H,2-3,7,10,13-14H2,1H3,(H,27,32)(H,29,33)/b24-21-. The zero-order valence-electron chi connectivity index (χ0n) is 19.5. The first-order chi connectivity index (χ1) is 17.0. The average Bonchev–Trinajstić information content (AvgIpc) is 3.45. The SMILES string of the molecule is COC(=O)C1=CCC2C(=C1)NC(=O)/C2=C1/C=Cc2cc(NC(=O)CN3CCCC3CO)ccc2N1. The Kier molecular flexibility index (Phi) is 6.27. The first-order valence-corrected chi connectivity index (χ1v) is 11.8. The van der Waals surface area contributed by atoms with E-state index in [0.29, 0.717) is 34.6 Å². The summed E-state index contributed by atoms with van der Waals surface area (Å²) in [6.45, 7) is 1.14. The van der Waals surface area contributed by atoms with Crippen molar-refractivity contribution in [2.75, 3.05) is 37.4 Å². The average molecular weight is 477 g/mol. The Morgan fingerprint density at radius 3 is 2.91 bits per heavy atom. The summed E-state index contributed by atoms with van der Waals surface area (Å²) in [6.07, 6.45) is 9.67. The summed E-state index contributed by atoms with van der Waals surface area (Å²) in [5.74, 6) is -0.883. The number of amides is 2. The number of carbonyl (C=O) groups is 3. The molecule has 2 atom stereocenters. The van der Waals surface area contributed by atoms with Crippen molar-refractivity contribution >= 4 is 35.2 Å². The zero-order valence-corrected chi connectivity index (χ0v) is 19.5. The molecular formula is C26H28N4O5. The number of anilines is 2. The Bertz CT molecular complexity index is 1210. The molecule has 2 saturated heterocycles. The predicted molar refractivity (Wildman–Crippen MR) is 131 cm³/mol. The molecule has 0 saturated carbocycles. The molecule has 3 aliphatic heterocycles. The van der Waals surface area contributed by atoms with Crippen molar-refractivity contribution in [2.45, 2.75) is 25.3 Å². The van der Waals surface area contributed by atoms with Crippen LogP contribution in [0.4, 0.5) is 11.4 Å². The lowest BCUT2D eigenvalue weighted by Gasteiger charge is -2.23. The summed E-state index contributed by atoms with van der Waals surface area (Å²) < 4.78 is 4.78. The molecule has 1 aromatic carbocycles.